The second-order valence-electron chi connectivity index (χ2n) is 5.70. The van der Waals surface area contributed by atoms with E-state index in [0.29, 0.717) is 5.56 Å². The van der Waals surface area contributed by atoms with Gasteiger partial charge in [0, 0.05) is 33.7 Å². The minimum Gasteiger partial charge on any atom is -0.444 e. The topological polar surface area (TPSA) is 42.4 Å². The maximum absolute atomic E-state index is 12.3. The number of carbonyl (C=O) groups excluding carboxylic acids is 1. The van der Waals surface area contributed by atoms with Gasteiger partial charge in [-0.3, -0.25) is 4.98 Å². The molecule has 1 aromatic carbocycles. The Labute approximate surface area is 137 Å². The number of hydrogen-bond acceptors (Lipinski definition) is 3. The van der Waals surface area contributed by atoms with Gasteiger partial charge in [0.1, 0.15) is 5.60 Å². The number of halogens is 1. The van der Waals surface area contributed by atoms with Crippen molar-refractivity contribution in [1.82, 2.24) is 9.88 Å². The van der Waals surface area contributed by atoms with Crippen molar-refractivity contribution in [2.45, 2.75) is 32.9 Å². The summed E-state index contributed by atoms with van der Waals surface area (Å²) in [7, 11) is 0. The molecule has 0 aliphatic rings. The summed E-state index contributed by atoms with van der Waals surface area (Å²) in [4.78, 5) is 17.4. The first-order valence-electron chi connectivity index (χ1n) is 8.01. The molecule has 0 radical (unpaired) electrons. The highest BCUT2D eigenvalue weighted by atomic mass is 79.9. The second-order valence-corrected chi connectivity index (χ2v) is 6.61. The van der Waals surface area contributed by atoms with Crippen molar-refractivity contribution in [2.75, 3.05) is 6.98 Å². The van der Waals surface area contributed by atoms with E-state index in [2.05, 4.69) is 20.9 Å². The van der Waals surface area contributed by atoms with Crippen LogP contribution < -0.4 is 0 Å². The number of amides is 1. The molecule has 0 fully saturated rings. The lowest BCUT2D eigenvalue weighted by Crippen LogP contribution is -2.33. The highest BCUT2D eigenvalue weighted by Crippen LogP contribution is 2.22. The fourth-order valence-electron chi connectivity index (χ4n) is 1.87. The Kier molecular flexibility index (Phi) is 3.43. The number of fused-ring (bicyclic) bond motifs is 1. The highest BCUT2D eigenvalue weighted by Gasteiger charge is 2.20. The molecule has 0 bridgehead atoms. The molecule has 5 heteroatoms. The third kappa shape index (κ3) is 4.17. The van der Waals surface area contributed by atoms with Crippen LogP contribution in [0, 0.1) is 0 Å². The minimum absolute atomic E-state index is 0.0963. The number of carbonyl (C=O) groups is 1. The summed E-state index contributed by atoms with van der Waals surface area (Å²) < 4.78 is 29.1. The zero-order valence-electron chi connectivity index (χ0n) is 15.2. The zero-order chi connectivity index (χ0) is 18.1. The molecule has 0 saturated carbocycles. The molecule has 2 aromatic rings. The molecule has 2 rings (SSSR count). The predicted molar refractivity (Wildman–Crippen MR) is 87.1 cm³/mol. The van der Waals surface area contributed by atoms with Gasteiger partial charge in [0.05, 0.1) is 5.52 Å². The fourth-order valence-corrected chi connectivity index (χ4v) is 2.23. The number of benzene rings is 1. The van der Waals surface area contributed by atoms with Gasteiger partial charge >= 0.3 is 6.09 Å². The van der Waals surface area contributed by atoms with E-state index < -0.39 is 18.7 Å². The maximum Gasteiger partial charge on any atom is 0.410 e. The largest absolute Gasteiger partial charge is 0.444 e. The first-order chi connectivity index (χ1) is 11.0. The van der Waals surface area contributed by atoms with Gasteiger partial charge in [-0.2, -0.15) is 0 Å². The Morgan fingerprint density at radius 1 is 1.43 bits per heavy atom. The normalized spacial score (nSPS) is 14.2. The molecule has 0 atom stereocenters. The van der Waals surface area contributed by atoms with Gasteiger partial charge in [-0.15, -0.1) is 0 Å². The minimum atomic E-state index is -2.61. The summed E-state index contributed by atoms with van der Waals surface area (Å²) in [6.45, 7) is 2.38. The van der Waals surface area contributed by atoms with Crippen LogP contribution in [0.5, 0.6) is 0 Å². The molecular formula is C16H19BrN2O2. The number of aromatic nitrogens is 1. The summed E-state index contributed by atoms with van der Waals surface area (Å²) in [6, 6.07) is 7.24. The molecule has 0 aliphatic heterocycles. The van der Waals surface area contributed by atoms with Crippen LogP contribution >= 0.6 is 15.9 Å². The first-order valence-corrected chi connectivity index (χ1v) is 7.30. The summed E-state index contributed by atoms with van der Waals surface area (Å²) in [6.07, 6.45) is 0.723. The van der Waals surface area contributed by atoms with E-state index in [1.165, 1.54) is 0 Å². The van der Waals surface area contributed by atoms with Gasteiger partial charge in [0.25, 0.3) is 0 Å². The third-order valence-electron chi connectivity index (χ3n) is 2.74. The van der Waals surface area contributed by atoms with Crippen molar-refractivity contribution < 1.29 is 13.6 Å². The molecule has 0 aliphatic carbocycles. The Morgan fingerprint density at radius 3 is 2.86 bits per heavy atom. The molecule has 4 nitrogen and oxygen atoms in total. The number of hydrogen-bond donors (Lipinski definition) is 0. The Hall–Kier alpha value is -1.62. The molecule has 0 saturated heterocycles. The van der Waals surface area contributed by atoms with E-state index in [4.69, 9.17) is 8.85 Å². The summed E-state index contributed by atoms with van der Waals surface area (Å²) in [5.74, 6) is 0. The van der Waals surface area contributed by atoms with Crippen LogP contribution in [0.3, 0.4) is 0 Å². The van der Waals surface area contributed by atoms with Crippen LogP contribution in [0.1, 0.15) is 30.4 Å². The van der Waals surface area contributed by atoms with Gasteiger partial charge in [-0.1, -0.05) is 15.9 Å². The molecule has 0 spiro atoms. The molecule has 0 unspecified atom stereocenters. The van der Waals surface area contributed by atoms with Crippen LogP contribution in [0.25, 0.3) is 10.9 Å². The average molecular weight is 354 g/mol. The van der Waals surface area contributed by atoms with E-state index >= 15 is 0 Å². The molecule has 1 amide bonds. The Bertz CT molecular complexity index is 757. The van der Waals surface area contributed by atoms with E-state index in [1.807, 2.05) is 18.2 Å². The molecule has 1 aromatic heterocycles. The molecule has 21 heavy (non-hydrogen) atoms. The smallest absolute Gasteiger partial charge is 0.410 e. The number of pyridine rings is 1. The summed E-state index contributed by atoms with van der Waals surface area (Å²) >= 11 is 3.40. The Balaban J connectivity index is 2.40. The molecule has 0 N–H and O–H groups in total. The van der Waals surface area contributed by atoms with Gasteiger partial charge in [0.15, 0.2) is 0 Å². The van der Waals surface area contributed by atoms with Crippen LogP contribution in [0.15, 0.2) is 34.9 Å². The van der Waals surface area contributed by atoms with Crippen molar-refractivity contribution in [3.63, 3.8) is 0 Å². The highest BCUT2D eigenvalue weighted by molar-refractivity contribution is 9.10. The SMILES string of the molecule is [2H]C([2H])([2H])N(Cc1ccnc2ccc(Br)cc12)C(=O)OC(C)(C)C. The second kappa shape index (κ2) is 6.02. The lowest BCUT2D eigenvalue weighted by molar-refractivity contribution is 0.0286. The van der Waals surface area contributed by atoms with Crippen LogP contribution in [-0.2, 0) is 11.3 Å². The first kappa shape index (κ1) is 12.0. The van der Waals surface area contributed by atoms with Gasteiger partial charge in [-0.25, -0.2) is 4.79 Å². The van der Waals surface area contributed by atoms with Crippen LogP contribution in [0.4, 0.5) is 4.79 Å². The number of nitrogens with zero attached hydrogens (tertiary/aromatic N) is 2. The van der Waals surface area contributed by atoms with Crippen molar-refractivity contribution in [2.24, 2.45) is 0 Å². The van der Waals surface area contributed by atoms with Crippen molar-refractivity contribution >= 4 is 32.9 Å². The number of rotatable bonds is 2. The predicted octanol–water partition coefficient (Wildman–Crippen LogP) is 4.36. The molecule has 1 heterocycles. The van der Waals surface area contributed by atoms with Crippen molar-refractivity contribution in [3.05, 3.63) is 40.5 Å². The van der Waals surface area contributed by atoms with Crippen molar-refractivity contribution in [1.29, 1.82) is 0 Å². The van der Waals surface area contributed by atoms with E-state index in [0.717, 1.165) is 20.3 Å². The third-order valence-corrected chi connectivity index (χ3v) is 3.23. The Morgan fingerprint density at radius 2 is 2.19 bits per heavy atom. The van der Waals surface area contributed by atoms with Gasteiger partial charge < -0.3 is 9.64 Å². The fraction of sp³-hybridized carbons (Fsp3) is 0.375. The quantitative estimate of drug-likeness (QED) is 0.805. The van der Waals surface area contributed by atoms with E-state index in [1.54, 1.807) is 33.0 Å². The van der Waals surface area contributed by atoms with Crippen molar-refractivity contribution in [3.8, 4) is 0 Å². The van der Waals surface area contributed by atoms with Gasteiger partial charge in [-0.05, 0) is 50.6 Å². The monoisotopic (exact) mass is 353 g/mol. The van der Waals surface area contributed by atoms with Crippen LogP contribution in [-0.4, -0.2) is 28.6 Å². The summed E-state index contributed by atoms with van der Waals surface area (Å²) in [5.41, 5.74) is 0.637. The maximum atomic E-state index is 12.3. The standard InChI is InChI=1S/C16H19BrN2O2/c1-16(2,3)21-15(20)19(4)10-11-7-8-18-14-6-5-12(17)9-13(11)14/h5-9H,10H2,1-4H3/i4D3. The van der Waals surface area contributed by atoms with E-state index in [-0.39, 0.29) is 6.54 Å². The molecule has 112 valence electrons. The zero-order valence-corrected chi connectivity index (χ0v) is 13.8. The average Bonchev–Trinajstić information content (AvgIpc) is 2.41. The molecular weight excluding hydrogens is 332 g/mol. The summed E-state index contributed by atoms with van der Waals surface area (Å²) in [5, 5.41) is 0.782. The lowest BCUT2D eigenvalue weighted by atomic mass is 10.1. The van der Waals surface area contributed by atoms with Crippen LogP contribution in [0.2, 0.25) is 0 Å². The number of ether oxygens (including phenoxy) is 1. The van der Waals surface area contributed by atoms with E-state index in [9.17, 15) is 4.79 Å². The lowest BCUT2D eigenvalue weighted by Gasteiger charge is -2.25. The van der Waals surface area contributed by atoms with Gasteiger partial charge in [0.2, 0.25) is 0 Å².